The molecule has 21 heavy (non-hydrogen) atoms. The minimum Gasteiger partial charge on any atom is -0.394 e. The number of hydrogen-bond acceptors (Lipinski definition) is 7. The first-order chi connectivity index (χ1) is 10.0. The Labute approximate surface area is 122 Å². The van der Waals surface area contributed by atoms with Gasteiger partial charge in [-0.1, -0.05) is 0 Å². The molecule has 1 aromatic heterocycles. The molecule has 0 amide bonds. The number of amidine groups is 1. The van der Waals surface area contributed by atoms with Crippen LogP contribution in [0.1, 0.15) is 38.4 Å². The number of aliphatic hydroxyl groups excluding tert-OH is 1. The van der Waals surface area contributed by atoms with E-state index in [0.717, 1.165) is 11.7 Å². The van der Waals surface area contributed by atoms with Gasteiger partial charge in [0, 0.05) is 18.1 Å². The van der Waals surface area contributed by atoms with E-state index in [9.17, 15) is 5.11 Å². The van der Waals surface area contributed by atoms with E-state index in [0.29, 0.717) is 17.8 Å². The largest absolute Gasteiger partial charge is 0.394 e. The number of fused-ring (bicyclic) bond motifs is 1. The van der Waals surface area contributed by atoms with Crippen LogP contribution in [0.15, 0.2) is 11.3 Å². The van der Waals surface area contributed by atoms with Crippen molar-refractivity contribution in [1.29, 1.82) is 5.41 Å². The van der Waals surface area contributed by atoms with Crippen molar-refractivity contribution in [2.75, 3.05) is 11.9 Å². The molecule has 2 aliphatic rings. The number of imidazole rings is 1. The Kier molecular flexibility index (Phi) is 3.52. The molecule has 0 bridgehead atoms. The van der Waals surface area contributed by atoms with Gasteiger partial charge in [0.15, 0.2) is 0 Å². The minimum atomic E-state index is -0.474. The van der Waals surface area contributed by atoms with E-state index in [4.69, 9.17) is 15.9 Å². The molecule has 3 heterocycles. The topological polar surface area (TPSA) is 122 Å². The number of hydrogen-bond donors (Lipinski definition) is 4. The molecule has 5 N–H and O–H groups in total. The molecule has 3 rings (SSSR count). The van der Waals surface area contributed by atoms with Crippen molar-refractivity contribution in [3.05, 3.63) is 12.0 Å². The number of nitrogens with one attached hydrogen (secondary N) is 2. The predicted octanol–water partition coefficient (Wildman–Crippen LogP) is 0.620. The fourth-order valence-corrected chi connectivity index (χ4v) is 2.94. The first kappa shape index (κ1) is 14.2. The second kappa shape index (κ2) is 5.21. The van der Waals surface area contributed by atoms with Gasteiger partial charge < -0.3 is 26.3 Å². The molecule has 0 aliphatic carbocycles. The van der Waals surface area contributed by atoms with E-state index < -0.39 is 6.17 Å². The second-order valence-electron chi connectivity index (χ2n) is 5.51. The molecular weight excluding hydrogens is 272 g/mol. The summed E-state index contributed by atoms with van der Waals surface area (Å²) in [4.78, 5) is 8.54. The van der Waals surface area contributed by atoms with Gasteiger partial charge in [-0.25, -0.2) is 9.98 Å². The lowest BCUT2D eigenvalue weighted by atomic mass is 9.96. The third-order valence-corrected chi connectivity index (χ3v) is 4.02. The zero-order valence-corrected chi connectivity index (χ0v) is 12.1. The normalized spacial score (nSPS) is 31.5. The lowest BCUT2D eigenvalue weighted by molar-refractivity contribution is -0.0253. The monoisotopic (exact) mass is 292 g/mol. The van der Waals surface area contributed by atoms with E-state index in [1.807, 2.05) is 11.5 Å². The third-order valence-electron chi connectivity index (χ3n) is 4.02. The van der Waals surface area contributed by atoms with Crippen LogP contribution in [0, 0.1) is 11.3 Å². The van der Waals surface area contributed by atoms with Crippen LogP contribution in [0.5, 0.6) is 0 Å². The first-order valence-corrected chi connectivity index (χ1v) is 6.96. The van der Waals surface area contributed by atoms with Crippen molar-refractivity contribution >= 4 is 17.4 Å². The number of aromatic nitrogens is 2. The molecule has 8 heteroatoms. The van der Waals surface area contributed by atoms with Gasteiger partial charge >= 0.3 is 0 Å². The Morgan fingerprint density at radius 1 is 1.67 bits per heavy atom. The summed E-state index contributed by atoms with van der Waals surface area (Å²) in [6, 6.07) is 0. The zero-order chi connectivity index (χ0) is 15.1. The molecule has 0 spiro atoms. The number of ether oxygens (including phenoxy) is 1. The Balaban J connectivity index is 1.89. The van der Waals surface area contributed by atoms with E-state index in [1.54, 1.807) is 13.3 Å². The SMILES string of the molecule is CC(=N)[C@H]1C[C@H](n2cnc3c2NC(C)=NC3N)O[C@@H]1CO. The lowest BCUT2D eigenvalue weighted by Crippen LogP contribution is -2.25. The summed E-state index contributed by atoms with van der Waals surface area (Å²) in [6.45, 7) is 3.49. The standard InChI is InChI=1S/C13H20N6O2/c1-6(14)8-3-10(21-9(8)4-20)19-5-16-11-12(15)17-7(2)18-13(11)19/h5,8-10,12,14,20H,3-4,15H2,1-2H3,(H,17,18)/t8-,9-,10-,12?/m1/s1. The van der Waals surface area contributed by atoms with Crippen molar-refractivity contribution in [2.24, 2.45) is 16.6 Å². The molecule has 1 aromatic rings. The van der Waals surface area contributed by atoms with Gasteiger partial charge in [0.2, 0.25) is 0 Å². The van der Waals surface area contributed by atoms with Crippen LogP contribution in [-0.4, -0.2) is 38.9 Å². The number of nitrogens with two attached hydrogens (primary N) is 1. The van der Waals surface area contributed by atoms with Crippen molar-refractivity contribution in [3.63, 3.8) is 0 Å². The molecule has 8 nitrogen and oxygen atoms in total. The maximum absolute atomic E-state index is 9.42. The molecule has 114 valence electrons. The number of aliphatic hydroxyl groups is 1. The average molecular weight is 292 g/mol. The number of nitrogens with zero attached hydrogens (tertiary/aromatic N) is 3. The smallest absolute Gasteiger partial charge is 0.145 e. The van der Waals surface area contributed by atoms with Crippen molar-refractivity contribution in [3.8, 4) is 0 Å². The first-order valence-electron chi connectivity index (χ1n) is 6.96. The van der Waals surface area contributed by atoms with Crippen molar-refractivity contribution < 1.29 is 9.84 Å². The molecule has 4 atom stereocenters. The predicted molar refractivity (Wildman–Crippen MR) is 78.4 cm³/mol. The van der Waals surface area contributed by atoms with Gasteiger partial charge in [-0.05, 0) is 13.8 Å². The maximum atomic E-state index is 9.42. The molecule has 0 saturated carbocycles. The second-order valence-corrected chi connectivity index (χ2v) is 5.51. The number of aliphatic imine (C=N–C) groups is 1. The van der Waals surface area contributed by atoms with E-state index in [-0.39, 0.29) is 24.9 Å². The zero-order valence-electron chi connectivity index (χ0n) is 12.1. The van der Waals surface area contributed by atoms with Gasteiger partial charge in [-0.2, -0.15) is 0 Å². The quantitative estimate of drug-likeness (QED) is 0.608. The molecular formula is C13H20N6O2. The van der Waals surface area contributed by atoms with Gasteiger partial charge in [-0.3, -0.25) is 4.57 Å². The highest BCUT2D eigenvalue weighted by Crippen LogP contribution is 2.38. The van der Waals surface area contributed by atoms with Crippen LogP contribution in [0.25, 0.3) is 0 Å². The summed E-state index contributed by atoms with van der Waals surface area (Å²) in [7, 11) is 0. The summed E-state index contributed by atoms with van der Waals surface area (Å²) in [5.41, 5.74) is 7.16. The van der Waals surface area contributed by atoms with Crippen molar-refractivity contribution in [2.45, 2.75) is 38.8 Å². The van der Waals surface area contributed by atoms with Crippen LogP contribution in [0.2, 0.25) is 0 Å². The van der Waals surface area contributed by atoms with Crippen LogP contribution in [0.3, 0.4) is 0 Å². The highest BCUT2D eigenvalue weighted by molar-refractivity contribution is 5.95. The van der Waals surface area contributed by atoms with E-state index in [1.165, 1.54) is 0 Å². The summed E-state index contributed by atoms with van der Waals surface area (Å²) in [5, 5.41) is 20.4. The molecule has 0 aromatic carbocycles. The molecule has 1 saturated heterocycles. The van der Waals surface area contributed by atoms with Crippen LogP contribution < -0.4 is 11.1 Å². The summed E-state index contributed by atoms with van der Waals surface area (Å²) >= 11 is 0. The van der Waals surface area contributed by atoms with Crippen LogP contribution in [0.4, 0.5) is 5.82 Å². The van der Waals surface area contributed by atoms with E-state index in [2.05, 4.69) is 15.3 Å². The Hall–Kier alpha value is -1.77. The summed E-state index contributed by atoms with van der Waals surface area (Å²) in [6.07, 6.45) is 1.22. The number of rotatable bonds is 3. The molecule has 0 radical (unpaired) electrons. The van der Waals surface area contributed by atoms with Gasteiger partial charge in [0.25, 0.3) is 0 Å². The number of anilines is 1. The Morgan fingerprint density at radius 3 is 3.05 bits per heavy atom. The fourth-order valence-electron chi connectivity index (χ4n) is 2.94. The fraction of sp³-hybridized carbons (Fsp3) is 0.615. The van der Waals surface area contributed by atoms with Crippen LogP contribution in [-0.2, 0) is 4.74 Å². The highest BCUT2D eigenvalue weighted by Gasteiger charge is 2.38. The maximum Gasteiger partial charge on any atom is 0.145 e. The Morgan fingerprint density at radius 2 is 2.43 bits per heavy atom. The van der Waals surface area contributed by atoms with Crippen LogP contribution >= 0.6 is 0 Å². The minimum absolute atomic E-state index is 0.0786. The summed E-state index contributed by atoms with van der Waals surface area (Å²) < 4.78 is 7.75. The molecule has 2 aliphatic heterocycles. The van der Waals surface area contributed by atoms with E-state index >= 15 is 0 Å². The lowest BCUT2D eigenvalue weighted by Gasteiger charge is -2.21. The van der Waals surface area contributed by atoms with Gasteiger partial charge in [0.1, 0.15) is 29.7 Å². The Bertz CT molecular complexity index is 595. The van der Waals surface area contributed by atoms with Gasteiger partial charge in [-0.15, -0.1) is 0 Å². The third kappa shape index (κ3) is 2.35. The molecule has 1 unspecified atom stereocenters. The van der Waals surface area contributed by atoms with Crippen molar-refractivity contribution in [1.82, 2.24) is 9.55 Å². The van der Waals surface area contributed by atoms with Gasteiger partial charge in [0.05, 0.1) is 19.0 Å². The highest BCUT2D eigenvalue weighted by atomic mass is 16.5. The summed E-state index contributed by atoms with van der Waals surface area (Å²) in [5.74, 6) is 1.43. The average Bonchev–Trinajstić information content (AvgIpc) is 3.01. The molecule has 1 fully saturated rings.